The zero-order valence-electron chi connectivity index (χ0n) is 15.4. The molecule has 140 valence electrons. The van der Waals surface area contributed by atoms with Crippen LogP contribution in [0.5, 0.6) is 0 Å². The lowest BCUT2D eigenvalue weighted by atomic mass is 10.3. The zero-order chi connectivity index (χ0) is 18.7. The number of fused-ring (bicyclic) bond motifs is 1. The number of nitrogens with one attached hydrogen (secondary N) is 1. The average molecular weight is 359 g/mol. The maximum Gasteiger partial charge on any atom is 0.319 e. The van der Waals surface area contributed by atoms with Crippen LogP contribution in [-0.2, 0) is 24.4 Å². The number of amides is 3. The predicted molar refractivity (Wildman–Crippen MR) is 95.1 cm³/mol. The highest BCUT2D eigenvalue weighted by Gasteiger charge is 2.22. The van der Waals surface area contributed by atoms with Gasteiger partial charge in [-0.25, -0.2) is 9.78 Å². The fourth-order valence-electron chi connectivity index (χ4n) is 3.01. The molecule has 1 atom stereocenters. The van der Waals surface area contributed by atoms with E-state index in [9.17, 15) is 9.59 Å². The van der Waals surface area contributed by atoms with Crippen molar-refractivity contribution in [3.63, 3.8) is 0 Å². The van der Waals surface area contributed by atoms with Gasteiger partial charge in [-0.3, -0.25) is 9.48 Å². The summed E-state index contributed by atoms with van der Waals surface area (Å²) >= 11 is 0. The summed E-state index contributed by atoms with van der Waals surface area (Å²) in [5.74, 6) is -0.0874. The first-order valence-corrected chi connectivity index (χ1v) is 8.72. The van der Waals surface area contributed by atoms with Crippen molar-refractivity contribution in [3.05, 3.63) is 36.2 Å². The Hall–Kier alpha value is -2.84. The monoisotopic (exact) mass is 359 g/mol. The molecule has 0 aliphatic carbocycles. The molecule has 3 rings (SSSR count). The van der Waals surface area contributed by atoms with E-state index >= 15 is 0 Å². The molecule has 0 unspecified atom stereocenters. The van der Waals surface area contributed by atoms with Gasteiger partial charge in [-0.2, -0.15) is 5.10 Å². The van der Waals surface area contributed by atoms with Crippen molar-refractivity contribution >= 4 is 11.9 Å². The molecule has 9 heteroatoms. The summed E-state index contributed by atoms with van der Waals surface area (Å²) in [4.78, 5) is 31.9. The molecule has 9 nitrogen and oxygen atoms in total. The molecule has 2 aromatic heterocycles. The molecule has 1 aliphatic rings. The molecule has 26 heavy (non-hydrogen) atoms. The first-order valence-electron chi connectivity index (χ1n) is 8.72. The Balaban J connectivity index is 1.62. The molecular weight excluding hydrogens is 334 g/mol. The molecule has 3 heterocycles. The smallest absolute Gasteiger partial charge is 0.319 e. The van der Waals surface area contributed by atoms with Gasteiger partial charge in [0.05, 0.1) is 30.8 Å². The minimum absolute atomic E-state index is 0.00339. The van der Waals surface area contributed by atoms with Gasteiger partial charge >= 0.3 is 6.03 Å². The molecule has 0 bridgehead atoms. The van der Waals surface area contributed by atoms with Crippen molar-refractivity contribution in [2.75, 3.05) is 20.6 Å². The van der Waals surface area contributed by atoms with Gasteiger partial charge in [0.2, 0.25) is 5.91 Å². The molecule has 1 aliphatic heterocycles. The van der Waals surface area contributed by atoms with Gasteiger partial charge in [0.25, 0.3) is 0 Å². The zero-order valence-corrected chi connectivity index (χ0v) is 15.4. The Kier molecular flexibility index (Phi) is 5.24. The molecule has 1 N–H and O–H groups in total. The Morgan fingerprint density at radius 3 is 2.85 bits per heavy atom. The van der Waals surface area contributed by atoms with E-state index in [0.29, 0.717) is 13.1 Å². The molecule has 3 amide bonds. The van der Waals surface area contributed by atoms with Crippen LogP contribution >= 0.6 is 0 Å². The molecule has 0 fully saturated rings. The highest BCUT2D eigenvalue weighted by Crippen LogP contribution is 2.15. The van der Waals surface area contributed by atoms with Crippen molar-refractivity contribution in [3.8, 4) is 0 Å². The molecule has 0 radical (unpaired) electrons. The van der Waals surface area contributed by atoms with Gasteiger partial charge in [-0.15, -0.1) is 0 Å². The standard InChI is InChI=1S/C17H25N7O2/c1-13(23-8-5-18-12-23)16(25)19-10-14-9-15-11-22(17(26)21(2)3)6-4-7-24(15)20-14/h5,8-9,12-13H,4,6-7,10-11H2,1-3H3,(H,19,25)/t13-/m1/s1. The van der Waals surface area contributed by atoms with Crippen LogP contribution in [0.1, 0.15) is 30.8 Å². The number of hydrogen-bond acceptors (Lipinski definition) is 4. The third-order valence-corrected chi connectivity index (χ3v) is 4.51. The van der Waals surface area contributed by atoms with Crippen LogP contribution in [0.2, 0.25) is 0 Å². The molecule has 0 spiro atoms. The summed E-state index contributed by atoms with van der Waals surface area (Å²) in [5.41, 5.74) is 1.79. The fourth-order valence-corrected chi connectivity index (χ4v) is 3.01. The van der Waals surface area contributed by atoms with E-state index in [-0.39, 0.29) is 18.0 Å². The first kappa shape index (κ1) is 18.0. The quantitative estimate of drug-likeness (QED) is 0.876. The maximum absolute atomic E-state index is 12.3. The van der Waals surface area contributed by atoms with E-state index in [1.807, 2.05) is 22.6 Å². The topological polar surface area (TPSA) is 88.3 Å². The van der Waals surface area contributed by atoms with E-state index in [1.165, 1.54) is 0 Å². The Labute approximate surface area is 152 Å². The minimum atomic E-state index is -0.328. The molecular formula is C17H25N7O2. The maximum atomic E-state index is 12.3. The normalized spacial score (nSPS) is 15.1. The highest BCUT2D eigenvalue weighted by molar-refractivity contribution is 5.79. The summed E-state index contributed by atoms with van der Waals surface area (Å²) in [6.07, 6.45) is 5.90. The first-order chi connectivity index (χ1) is 12.5. The number of imidazole rings is 1. The van der Waals surface area contributed by atoms with Gasteiger partial charge in [0, 0.05) is 39.6 Å². The SMILES string of the molecule is C[C@H](C(=O)NCc1cc2n(n1)CCCN(C(=O)N(C)C)C2)n1ccnc1. The number of carbonyl (C=O) groups excluding carboxylic acids is 2. The third-order valence-electron chi connectivity index (χ3n) is 4.51. The van der Waals surface area contributed by atoms with E-state index in [0.717, 1.165) is 30.9 Å². The summed E-state index contributed by atoms with van der Waals surface area (Å²) in [5, 5.41) is 7.49. The largest absolute Gasteiger partial charge is 0.349 e. The van der Waals surface area contributed by atoms with Crippen LogP contribution in [0.25, 0.3) is 0 Å². The fraction of sp³-hybridized carbons (Fsp3) is 0.529. The molecule has 2 aromatic rings. The van der Waals surface area contributed by atoms with Gasteiger partial charge in [-0.1, -0.05) is 0 Å². The van der Waals surface area contributed by atoms with Crippen molar-refractivity contribution in [2.24, 2.45) is 0 Å². The van der Waals surface area contributed by atoms with Crippen molar-refractivity contribution in [1.29, 1.82) is 0 Å². The number of nitrogens with zero attached hydrogens (tertiary/aromatic N) is 6. The number of hydrogen-bond donors (Lipinski definition) is 1. The van der Waals surface area contributed by atoms with Crippen LogP contribution in [0.15, 0.2) is 24.8 Å². The van der Waals surface area contributed by atoms with Crippen LogP contribution < -0.4 is 5.32 Å². The average Bonchev–Trinajstić information content (AvgIpc) is 3.24. The van der Waals surface area contributed by atoms with Crippen molar-refractivity contribution in [1.82, 2.24) is 34.4 Å². The van der Waals surface area contributed by atoms with Crippen LogP contribution in [-0.4, -0.2) is 61.7 Å². The third kappa shape index (κ3) is 3.87. The lowest BCUT2D eigenvalue weighted by Crippen LogP contribution is -2.38. The van der Waals surface area contributed by atoms with Crippen LogP contribution in [0, 0.1) is 0 Å². The van der Waals surface area contributed by atoms with Crippen molar-refractivity contribution < 1.29 is 9.59 Å². The van der Waals surface area contributed by atoms with Crippen LogP contribution in [0.4, 0.5) is 4.79 Å². The Morgan fingerprint density at radius 2 is 2.15 bits per heavy atom. The van der Waals surface area contributed by atoms with E-state index in [2.05, 4.69) is 15.4 Å². The lowest BCUT2D eigenvalue weighted by Gasteiger charge is -2.23. The second-order valence-corrected chi connectivity index (χ2v) is 6.71. The van der Waals surface area contributed by atoms with E-state index in [1.54, 1.807) is 42.3 Å². The highest BCUT2D eigenvalue weighted by atomic mass is 16.2. The number of carbonyl (C=O) groups is 2. The number of aryl methyl sites for hydroxylation is 1. The van der Waals surface area contributed by atoms with E-state index < -0.39 is 0 Å². The van der Waals surface area contributed by atoms with Crippen molar-refractivity contribution in [2.45, 2.75) is 39.0 Å². The van der Waals surface area contributed by atoms with Gasteiger partial charge in [0.15, 0.2) is 0 Å². The second kappa shape index (κ2) is 7.59. The van der Waals surface area contributed by atoms with Crippen LogP contribution in [0.3, 0.4) is 0 Å². The second-order valence-electron chi connectivity index (χ2n) is 6.71. The summed E-state index contributed by atoms with van der Waals surface area (Å²) in [6.45, 7) is 4.20. The summed E-state index contributed by atoms with van der Waals surface area (Å²) < 4.78 is 3.69. The predicted octanol–water partition coefficient (Wildman–Crippen LogP) is 0.844. The number of aromatic nitrogens is 4. The van der Waals surface area contributed by atoms with Gasteiger partial charge in [-0.05, 0) is 19.4 Å². The molecule has 0 saturated heterocycles. The van der Waals surface area contributed by atoms with E-state index in [4.69, 9.17) is 0 Å². The lowest BCUT2D eigenvalue weighted by molar-refractivity contribution is -0.124. The Bertz CT molecular complexity index is 766. The molecule has 0 aromatic carbocycles. The number of rotatable bonds is 4. The molecule has 0 saturated carbocycles. The minimum Gasteiger partial charge on any atom is -0.349 e. The Morgan fingerprint density at radius 1 is 1.35 bits per heavy atom. The summed E-state index contributed by atoms with van der Waals surface area (Å²) in [7, 11) is 3.51. The van der Waals surface area contributed by atoms with Gasteiger partial charge < -0.3 is 19.7 Å². The summed E-state index contributed by atoms with van der Waals surface area (Å²) in [6, 6.07) is 1.64. The number of urea groups is 1. The van der Waals surface area contributed by atoms with Gasteiger partial charge in [0.1, 0.15) is 6.04 Å².